The molecule has 2 heterocycles. The van der Waals surface area contributed by atoms with Crippen LogP contribution in [0.3, 0.4) is 0 Å². The molecule has 2 aliphatic heterocycles. The second-order valence-corrected chi connectivity index (χ2v) is 4.53. The summed E-state index contributed by atoms with van der Waals surface area (Å²) in [5.41, 5.74) is 0. The van der Waals surface area contributed by atoms with E-state index in [0.717, 1.165) is 24.7 Å². The Balaban J connectivity index is 1.94. The molecule has 2 aliphatic carbocycles. The van der Waals surface area contributed by atoms with Crippen LogP contribution in [-0.4, -0.2) is 17.0 Å². The van der Waals surface area contributed by atoms with E-state index >= 15 is 0 Å². The predicted octanol–water partition coefficient (Wildman–Crippen LogP) is 1.28. The van der Waals surface area contributed by atoms with Gasteiger partial charge in [-0.05, 0) is 31.1 Å². The SMILES string of the molecule is OC12C[C@@H]3CC(C[C@@H](C3)C1)O2. The summed E-state index contributed by atoms with van der Waals surface area (Å²) in [5, 5.41) is 9.88. The molecule has 62 valence electrons. The zero-order chi connectivity index (χ0) is 7.47. The fraction of sp³-hybridized carbons (Fsp3) is 1.00. The molecule has 0 aromatic rings. The van der Waals surface area contributed by atoms with Crippen molar-refractivity contribution in [3.8, 4) is 0 Å². The van der Waals surface area contributed by atoms with E-state index in [9.17, 15) is 5.11 Å². The number of rotatable bonds is 0. The molecule has 1 N–H and O–H groups in total. The Morgan fingerprint density at radius 2 is 1.73 bits per heavy atom. The third kappa shape index (κ3) is 0.859. The van der Waals surface area contributed by atoms with Gasteiger partial charge < -0.3 is 9.84 Å². The molecule has 4 bridgehead atoms. The highest BCUT2D eigenvalue weighted by Gasteiger charge is 2.51. The van der Waals surface area contributed by atoms with Crippen molar-refractivity contribution in [1.29, 1.82) is 0 Å². The van der Waals surface area contributed by atoms with Gasteiger partial charge in [-0.2, -0.15) is 0 Å². The Bertz CT molecular complexity index is 153. The summed E-state index contributed by atoms with van der Waals surface area (Å²) in [6.07, 6.45) is 5.96. The van der Waals surface area contributed by atoms with Crippen molar-refractivity contribution in [2.45, 2.75) is 44.0 Å². The maximum Gasteiger partial charge on any atom is 0.166 e. The Kier molecular flexibility index (Phi) is 1.06. The molecule has 4 fully saturated rings. The van der Waals surface area contributed by atoms with E-state index in [2.05, 4.69) is 0 Å². The molecule has 2 heteroatoms. The first-order chi connectivity index (χ1) is 5.23. The summed E-state index contributed by atoms with van der Waals surface area (Å²) < 4.78 is 5.57. The molecule has 4 rings (SSSR count). The zero-order valence-corrected chi connectivity index (χ0v) is 6.62. The summed E-state index contributed by atoms with van der Waals surface area (Å²) in [5.74, 6) is 0.840. The lowest BCUT2D eigenvalue weighted by molar-refractivity contribution is -0.317. The lowest BCUT2D eigenvalue weighted by atomic mass is 9.66. The lowest BCUT2D eigenvalue weighted by Crippen LogP contribution is -2.54. The molecule has 0 aromatic carbocycles. The van der Waals surface area contributed by atoms with Gasteiger partial charge in [0.2, 0.25) is 0 Å². The molecule has 4 aliphatic rings. The second kappa shape index (κ2) is 1.80. The van der Waals surface area contributed by atoms with Gasteiger partial charge in [-0.15, -0.1) is 0 Å². The van der Waals surface area contributed by atoms with Crippen LogP contribution in [0.25, 0.3) is 0 Å². The molecule has 0 radical (unpaired) electrons. The topological polar surface area (TPSA) is 29.5 Å². The average Bonchev–Trinajstić information content (AvgIpc) is 1.79. The molecule has 0 aromatic heterocycles. The van der Waals surface area contributed by atoms with E-state index < -0.39 is 5.79 Å². The average molecular weight is 154 g/mol. The van der Waals surface area contributed by atoms with Crippen LogP contribution in [-0.2, 0) is 4.74 Å². The Labute approximate surface area is 66.5 Å². The van der Waals surface area contributed by atoms with Crippen molar-refractivity contribution >= 4 is 0 Å². The first-order valence-electron chi connectivity index (χ1n) is 4.64. The van der Waals surface area contributed by atoms with Crippen molar-refractivity contribution in [2.24, 2.45) is 11.8 Å². The molecule has 2 unspecified atom stereocenters. The highest BCUT2D eigenvalue weighted by molar-refractivity contribution is 4.96. The number of hydrogen-bond donors (Lipinski definition) is 1. The van der Waals surface area contributed by atoms with Gasteiger partial charge in [-0.25, -0.2) is 0 Å². The standard InChI is InChI=1S/C9H14O2/c10-9-4-6-1-7(5-9)3-8(2-6)11-9/h6-8,10H,1-5H2/t6-,7+,8?,9?. The van der Waals surface area contributed by atoms with Crippen molar-refractivity contribution in [2.75, 3.05) is 0 Å². The summed E-state index contributed by atoms with van der Waals surface area (Å²) in [6, 6.07) is 0. The minimum atomic E-state index is -0.700. The van der Waals surface area contributed by atoms with E-state index in [-0.39, 0.29) is 0 Å². The van der Waals surface area contributed by atoms with Crippen LogP contribution in [0.5, 0.6) is 0 Å². The van der Waals surface area contributed by atoms with Gasteiger partial charge in [-0.3, -0.25) is 0 Å². The number of hydrogen-bond acceptors (Lipinski definition) is 2. The molecule has 2 saturated heterocycles. The first kappa shape index (κ1) is 6.44. The monoisotopic (exact) mass is 154 g/mol. The molecule has 11 heavy (non-hydrogen) atoms. The minimum absolute atomic E-state index is 0.395. The zero-order valence-electron chi connectivity index (χ0n) is 6.62. The number of ether oxygens (including phenoxy) is 1. The van der Waals surface area contributed by atoms with E-state index in [1.807, 2.05) is 0 Å². The highest BCUT2D eigenvalue weighted by Crippen LogP contribution is 2.51. The number of aliphatic hydroxyl groups is 1. The van der Waals surface area contributed by atoms with Gasteiger partial charge in [0.1, 0.15) is 0 Å². The fourth-order valence-electron chi connectivity index (χ4n) is 3.33. The van der Waals surface area contributed by atoms with Crippen LogP contribution < -0.4 is 0 Å². The second-order valence-electron chi connectivity index (χ2n) is 4.53. The van der Waals surface area contributed by atoms with Crippen molar-refractivity contribution in [3.05, 3.63) is 0 Å². The van der Waals surface area contributed by atoms with Gasteiger partial charge in [0.05, 0.1) is 6.10 Å². The first-order valence-corrected chi connectivity index (χ1v) is 4.64. The van der Waals surface area contributed by atoms with Gasteiger partial charge in [0, 0.05) is 12.8 Å². The quantitative estimate of drug-likeness (QED) is 0.569. The van der Waals surface area contributed by atoms with Crippen LogP contribution in [0.15, 0.2) is 0 Å². The third-order valence-corrected chi connectivity index (χ3v) is 3.46. The summed E-state index contributed by atoms with van der Waals surface area (Å²) in [6.45, 7) is 0. The highest BCUT2D eigenvalue weighted by atomic mass is 16.6. The van der Waals surface area contributed by atoms with Crippen molar-refractivity contribution in [3.63, 3.8) is 0 Å². The van der Waals surface area contributed by atoms with Crippen molar-refractivity contribution < 1.29 is 9.84 Å². The maximum absolute atomic E-state index is 9.88. The molecule has 2 nitrogen and oxygen atoms in total. The van der Waals surface area contributed by atoms with Crippen LogP contribution >= 0.6 is 0 Å². The van der Waals surface area contributed by atoms with Gasteiger partial charge >= 0.3 is 0 Å². The summed E-state index contributed by atoms with van der Waals surface area (Å²) in [7, 11) is 0. The molecule has 0 spiro atoms. The molecular weight excluding hydrogens is 140 g/mol. The van der Waals surface area contributed by atoms with E-state index in [1.165, 1.54) is 19.3 Å². The van der Waals surface area contributed by atoms with Gasteiger partial charge in [-0.1, -0.05) is 0 Å². The Hall–Kier alpha value is -0.0800. The molecule has 4 atom stereocenters. The summed E-state index contributed by atoms with van der Waals surface area (Å²) >= 11 is 0. The molecule has 0 amide bonds. The van der Waals surface area contributed by atoms with Crippen LogP contribution in [0.4, 0.5) is 0 Å². The summed E-state index contributed by atoms with van der Waals surface area (Å²) in [4.78, 5) is 0. The maximum atomic E-state index is 9.88. The van der Waals surface area contributed by atoms with Crippen LogP contribution in [0.2, 0.25) is 0 Å². The smallest absolute Gasteiger partial charge is 0.166 e. The largest absolute Gasteiger partial charge is 0.365 e. The molecular formula is C9H14O2. The molecule has 2 saturated carbocycles. The van der Waals surface area contributed by atoms with Crippen LogP contribution in [0.1, 0.15) is 32.1 Å². The lowest BCUT2D eigenvalue weighted by Gasteiger charge is -2.53. The van der Waals surface area contributed by atoms with E-state index in [0.29, 0.717) is 6.10 Å². The third-order valence-electron chi connectivity index (χ3n) is 3.46. The predicted molar refractivity (Wildman–Crippen MR) is 39.9 cm³/mol. The van der Waals surface area contributed by atoms with Gasteiger partial charge in [0.15, 0.2) is 5.79 Å². The van der Waals surface area contributed by atoms with Gasteiger partial charge in [0.25, 0.3) is 0 Å². The van der Waals surface area contributed by atoms with Crippen molar-refractivity contribution in [1.82, 2.24) is 0 Å². The Morgan fingerprint density at radius 1 is 1.09 bits per heavy atom. The van der Waals surface area contributed by atoms with E-state index in [1.54, 1.807) is 0 Å². The van der Waals surface area contributed by atoms with E-state index in [4.69, 9.17) is 4.74 Å². The van der Waals surface area contributed by atoms with Crippen LogP contribution in [0, 0.1) is 11.8 Å². The fourth-order valence-corrected chi connectivity index (χ4v) is 3.33. The minimum Gasteiger partial charge on any atom is -0.365 e. The normalized spacial score (nSPS) is 60.3. The Morgan fingerprint density at radius 3 is 2.18 bits per heavy atom.